The summed E-state index contributed by atoms with van der Waals surface area (Å²) in [5.41, 5.74) is 0. The van der Waals surface area contributed by atoms with Crippen molar-refractivity contribution in [3.05, 3.63) is 0 Å². The Balaban J connectivity index is 5.39. The van der Waals surface area contributed by atoms with Gasteiger partial charge in [-0.15, -0.1) is 0 Å². The van der Waals surface area contributed by atoms with Crippen LogP contribution < -0.4 is 0 Å². The van der Waals surface area contributed by atoms with Gasteiger partial charge in [0.05, 0.1) is 25.9 Å². The van der Waals surface area contributed by atoms with E-state index in [1.165, 1.54) is 103 Å². The predicted octanol–water partition coefficient (Wildman–Crippen LogP) is 15.4. The molecule has 0 saturated heterocycles. The molecule has 0 heterocycles. The third kappa shape index (κ3) is 49.6. The zero-order valence-electron chi connectivity index (χ0n) is 49.6. The Bertz CT molecular complexity index is 1270. The Labute approximate surface area is 499 Å². The number of unbranched alkanes of at least 4 members (excludes halogenated alkanes) is 4. The van der Waals surface area contributed by atoms with Crippen molar-refractivity contribution in [2.24, 2.45) is 23.7 Å². The van der Waals surface area contributed by atoms with Crippen molar-refractivity contribution in [2.45, 2.75) is 190 Å². The van der Waals surface area contributed by atoms with Crippen molar-refractivity contribution in [1.29, 1.82) is 0 Å². The first-order valence-corrected chi connectivity index (χ1v) is 39.8. The van der Waals surface area contributed by atoms with Crippen LogP contribution in [0.2, 0.25) is 0 Å². The summed E-state index contributed by atoms with van der Waals surface area (Å²) < 4.78 is 22.8. The fourth-order valence-corrected chi connectivity index (χ4v) is 17.5. The van der Waals surface area contributed by atoms with Crippen LogP contribution >= 0.6 is 86.4 Å². The molecule has 0 amide bonds. The average molecular weight is 1230 g/mol. The number of carbonyl (C=O) groups excluding carboxylic acids is 3. The van der Waals surface area contributed by atoms with Gasteiger partial charge in [-0.2, -0.15) is 0 Å². The van der Waals surface area contributed by atoms with Gasteiger partial charge in [-0.1, -0.05) is 219 Å². The lowest BCUT2D eigenvalue weighted by Crippen LogP contribution is -2.40. The summed E-state index contributed by atoms with van der Waals surface area (Å²) in [4.78, 5) is 45.5. The van der Waals surface area contributed by atoms with Crippen molar-refractivity contribution in [3.63, 3.8) is 0 Å². The van der Waals surface area contributed by atoms with E-state index in [-0.39, 0.29) is 37.2 Å². The largest absolute Gasteiger partial charge is 0.465 e. The molecule has 0 aromatic rings. The molecule has 5 unspecified atom stereocenters. The number of aliphatic hydroxyl groups is 1. The Morgan fingerprint density at radius 1 is 0.395 bits per heavy atom. The second-order valence-corrected chi connectivity index (χ2v) is 30.6. The standard InChI is InChI=1S/C57H113N3O8S8/c1-10-18-22-50(14-5)46-73-69-42-38-65-54(61)26-30-59(31-27-55(62)66-39-43-70-74-47-51(15-6)23-19-11-2)36-34-58(9)35-37-60(32-28-56(63)67-40-44-71-75-48-52(16-7)24-20-12-3)33-29-57(64)68-41-45-72-76-49-53(17-8)25-21-13-4/h50-54,61H,10-49H2,1-9H3. The molecule has 5 atom stereocenters. The molecule has 0 spiro atoms. The Morgan fingerprint density at radius 2 is 0.697 bits per heavy atom. The van der Waals surface area contributed by atoms with Gasteiger partial charge < -0.3 is 38.8 Å². The highest BCUT2D eigenvalue weighted by Gasteiger charge is 2.18. The molecule has 0 saturated carbocycles. The lowest BCUT2D eigenvalue weighted by Gasteiger charge is -2.28. The minimum Gasteiger partial charge on any atom is -0.465 e. The maximum atomic E-state index is 13.0. The van der Waals surface area contributed by atoms with Crippen molar-refractivity contribution < 1.29 is 38.4 Å². The molecule has 0 rings (SSSR count). The van der Waals surface area contributed by atoms with E-state index in [9.17, 15) is 19.5 Å². The van der Waals surface area contributed by atoms with Crippen LogP contribution in [0.4, 0.5) is 0 Å². The molecule has 452 valence electrons. The molecule has 0 aromatic carbocycles. The highest BCUT2D eigenvalue weighted by atomic mass is 33.1. The summed E-state index contributed by atoms with van der Waals surface area (Å²) in [5, 5.41) is 10.9. The fraction of sp³-hybridized carbons (Fsp3) is 0.947. The lowest BCUT2D eigenvalue weighted by molar-refractivity contribution is -0.144. The number of ether oxygens (including phenoxy) is 4. The normalized spacial score (nSPS) is 13.9. The molecule has 0 aromatic heterocycles. The first-order valence-electron chi connectivity index (χ1n) is 29.9. The SMILES string of the molecule is CCCCC(CC)CSSCCOC(=O)CCN(CCC(=O)OCCSSCC(CC)CCCC)CCN(C)CCN(CCC(=O)OCCSSCC(CC)CCCC)CCC(O)OCCSSCC(CC)CCCC. The maximum Gasteiger partial charge on any atom is 0.307 e. The zero-order chi connectivity index (χ0) is 56.1. The fourth-order valence-electron chi connectivity index (χ4n) is 7.94. The number of hydrogen-bond acceptors (Lipinski definition) is 19. The van der Waals surface area contributed by atoms with Gasteiger partial charge in [-0.05, 0) is 56.4 Å². The van der Waals surface area contributed by atoms with Crippen LogP contribution in [0.15, 0.2) is 0 Å². The maximum absolute atomic E-state index is 13.0. The summed E-state index contributed by atoms with van der Waals surface area (Å²) in [5.74, 6) is 10.1. The van der Waals surface area contributed by atoms with Crippen LogP contribution in [0.25, 0.3) is 0 Å². The highest BCUT2D eigenvalue weighted by molar-refractivity contribution is 8.77. The van der Waals surface area contributed by atoms with Crippen LogP contribution in [0.3, 0.4) is 0 Å². The van der Waals surface area contributed by atoms with Gasteiger partial charge in [0.1, 0.15) is 19.8 Å². The summed E-state index contributed by atoms with van der Waals surface area (Å²) in [6.45, 7) is 24.7. The third-order valence-corrected chi connectivity index (χ3v) is 23.7. The molecule has 11 nitrogen and oxygen atoms in total. The van der Waals surface area contributed by atoms with E-state index in [1.54, 1.807) is 32.4 Å². The molecule has 1 N–H and O–H groups in total. The average Bonchev–Trinajstić information content (AvgIpc) is 3.42. The van der Waals surface area contributed by atoms with Crippen molar-refractivity contribution in [3.8, 4) is 0 Å². The summed E-state index contributed by atoms with van der Waals surface area (Å²) >= 11 is 0. The molecule has 0 aliphatic rings. The second kappa shape index (κ2) is 57.8. The van der Waals surface area contributed by atoms with Gasteiger partial charge in [-0.25, -0.2) is 0 Å². The van der Waals surface area contributed by atoms with Crippen LogP contribution in [-0.2, 0) is 33.3 Å². The van der Waals surface area contributed by atoms with Crippen molar-refractivity contribution in [2.75, 3.05) is 132 Å². The van der Waals surface area contributed by atoms with Gasteiger partial charge in [0.15, 0.2) is 6.29 Å². The number of carbonyl (C=O) groups is 3. The van der Waals surface area contributed by atoms with E-state index in [4.69, 9.17) is 18.9 Å². The van der Waals surface area contributed by atoms with E-state index >= 15 is 0 Å². The molecule has 76 heavy (non-hydrogen) atoms. The number of aliphatic hydroxyl groups excluding tert-OH is 1. The van der Waals surface area contributed by atoms with Crippen LogP contribution in [0.1, 0.15) is 184 Å². The summed E-state index contributed by atoms with van der Waals surface area (Å²) in [6, 6.07) is 0. The summed E-state index contributed by atoms with van der Waals surface area (Å²) in [7, 11) is 16.9. The molecule has 0 fully saturated rings. The minimum atomic E-state index is -0.875. The number of nitrogens with zero attached hydrogens (tertiary/aromatic N) is 3. The quantitative estimate of drug-likeness (QED) is 0.0204. The van der Waals surface area contributed by atoms with E-state index < -0.39 is 6.29 Å². The number of esters is 3. The Kier molecular flexibility index (Phi) is 58.6. The van der Waals surface area contributed by atoms with Crippen LogP contribution in [0.5, 0.6) is 0 Å². The summed E-state index contributed by atoms with van der Waals surface area (Å²) in [6.07, 6.45) is 20.4. The van der Waals surface area contributed by atoms with E-state index in [0.717, 1.165) is 82.8 Å². The lowest BCUT2D eigenvalue weighted by atomic mass is 10.0. The first kappa shape index (κ1) is 77.0. The molecule has 0 bridgehead atoms. The van der Waals surface area contributed by atoms with Gasteiger partial charge in [0, 0.05) is 105 Å². The van der Waals surface area contributed by atoms with Crippen molar-refractivity contribution >= 4 is 104 Å². The van der Waals surface area contributed by atoms with Crippen LogP contribution in [-0.4, -0.2) is 176 Å². The molecule has 0 aliphatic carbocycles. The molecular formula is C57H113N3O8S8. The number of likely N-dealkylation sites (N-methyl/N-ethyl adjacent to an activating group) is 1. The Hall–Kier alpha value is 1.01. The highest BCUT2D eigenvalue weighted by Crippen LogP contribution is 2.30. The van der Waals surface area contributed by atoms with E-state index in [1.807, 2.05) is 54.0 Å². The van der Waals surface area contributed by atoms with Gasteiger partial charge in [-0.3, -0.25) is 14.4 Å². The van der Waals surface area contributed by atoms with Gasteiger partial charge >= 0.3 is 17.9 Å². The molecular weight excluding hydrogens is 1110 g/mol. The number of hydrogen-bond donors (Lipinski definition) is 1. The first-order chi connectivity index (χ1) is 37.0. The van der Waals surface area contributed by atoms with E-state index in [0.29, 0.717) is 72.1 Å². The van der Waals surface area contributed by atoms with E-state index in [2.05, 4.69) is 77.1 Å². The zero-order valence-corrected chi connectivity index (χ0v) is 56.1. The van der Waals surface area contributed by atoms with Crippen molar-refractivity contribution in [1.82, 2.24) is 14.7 Å². The number of rotatable bonds is 59. The molecule has 19 heteroatoms. The minimum absolute atomic E-state index is 0.196. The van der Waals surface area contributed by atoms with Gasteiger partial charge in [0.2, 0.25) is 0 Å². The second-order valence-electron chi connectivity index (χ2n) is 20.1. The molecule has 0 aliphatic heterocycles. The third-order valence-electron chi connectivity index (χ3n) is 13.7. The topological polar surface area (TPSA) is 118 Å². The van der Waals surface area contributed by atoms with Gasteiger partial charge in [0.25, 0.3) is 0 Å². The smallest absolute Gasteiger partial charge is 0.307 e. The predicted molar refractivity (Wildman–Crippen MR) is 347 cm³/mol. The monoisotopic (exact) mass is 1220 g/mol. The van der Waals surface area contributed by atoms with Crippen LogP contribution in [0, 0.1) is 23.7 Å². The molecule has 0 radical (unpaired) electrons. The Morgan fingerprint density at radius 3 is 1.00 bits per heavy atom.